The molecule has 2 rings (SSSR count). The molecule has 1 aliphatic rings. The summed E-state index contributed by atoms with van der Waals surface area (Å²) in [5, 5.41) is 3.12. The predicted molar refractivity (Wildman–Crippen MR) is 71.5 cm³/mol. The monoisotopic (exact) mass is 298 g/mol. The highest BCUT2D eigenvalue weighted by Gasteiger charge is 2.23. The molecule has 92 valence electrons. The van der Waals surface area contributed by atoms with Crippen LogP contribution in [0.4, 0.5) is 11.4 Å². The second-order valence-electron chi connectivity index (χ2n) is 3.91. The van der Waals surface area contributed by atoms with Crippen LogP contribution in [0.3, 0.4) is 0 Å². The van der Waals surface area contributed by atoms with Gasteiger partial charge in [-0.3, -0.25) is 4.79 Å². The minimum Gasteiger partial charge on any atom is -0.385 e. The molecule has 0 fully saturated rings. The number of amides is 1. The van der Waals surface area contributed by atoms with E-state index in [4.69, 9.17) is 4.74 Å². The van der Waals surface area contributed by atoms with E-state index in [-0.39, 0.29) is 5.91 Å². The molecule has 0 bridgehead atoms. The lowest BCUT2D eigenvalue weighted by Gasteiger charge is -2.30. The van der Waals surface area contributed by atoms with Crippen LogP contribution in [-0.2, 0) is 9.53 Å². The highest BCUT2D eigenvalue weighted by molar-refractivity contribution is 9.10. The molecule has 0 aromatic heterocycles. The van der Waals surface area contributed by atoms with E-state index in [1.54, 1.807) is 7.11 Å². The van der Waals surface area contributed by atoms with Crippen molar-refractivity contribution in [2.75, 3.05) is 37.0 Å². The highest BCUT2D eigenvalue weighted by atomic mass is 79.9. The van der Waals surface area contributed by atoms with Gasteiger partial charge >= 0.3 is 0 Å². The maximum Gasteiger partial charge on any atom is 0.246 e. The van der Waals surface area contributed by atoms with Crippen LogP contribution in [0.5, 0.6) is 0 Å². The Morgan fingerprint density at radius 3 is 3.12 bits per heavy atom. The number of methoxy groups -OCH3 is 1. The third-order valence-corrected chi connectivity index (χ3v) is 3.21. The summed E-state index contributed by atoms with van der Waals surface area (Å²) in [5.74, 6) is 0.103. The van der Waals surface area contributed by atoms with Crippen LogP contribution in [0, 0.1) is 0 Å². The summed E-state index contributed by atoms with van der Waals surface area (Å²) in [6, 6.07) is 5.91. The normalized spacial score (nSPS) is 14.5. The fourth-order valence-corrected chi connectivity index (χ4v) is 2.24. The number of fused-ring (bicyclic) bond motifs is 1. The number of ether oxygens (including phenoxy) is 1. The number of carbonyl (C=O) groups excluding carboxylic acids is 1. The first-order valence-electron chi connectivity index (χ1n) is 5.55. The lowest BCUT2D eigenvalue weighted by atomic mass is 10.2. The fourth-order valence-electron chi connectivity index (χ4n) is 1.89. The predicted octanol–water partition coefficient (Wildman–Crippen LogP) is 2.24. The first-order valence-corrected chi connectivity index (χ1v) is 6.34. The zero-order valence-corrected chi connectivity index (χ0v) is 11.3. The highest BCUT2D eigenvalue weighted by Crippen LogP contribution is 2.32. The smallest absolute Gasteiger partial charge is 0.246 e. The van der Waals surface area contributed by atoms with E-state index in [9.17, 15) is 4.79 Å². The maximum absolute atomic E-state index is 11.9. The summed E-state index contributed by atoms with van der Waals surface area (Å²) in [6.45, 7) is 1.72. The summed E-state index contributed by atoms with van der Waals surface area (Å²) < 4.78 is 5.99. The van der Waals surface area contributed by atoms with Gasteiger partial charge in [0.1, 0.15) is 0 Å². The van der Waals surface area contributed by atoms with Crippen LogP contribution < -0.4 is 10.2 Å². The molecule has 5 heteroatoms. The molecule has 0 saturated carbocycles. The molecule has 0 saturated heterocycles. The Balaban J connectivity index is 2.20. The SMILES string of the molecule is COCCCN1C(=O)CNc2ccc(Br)cc21. The van der Waals surface area contributed by atoms with Crippen molar-refractivity contribution < 1.29 is 9.53 Å². The number of nitrogens with one attached hydrogen (secondary N) is 1. The number of benzene rings is 1. The lowest BCUT2D eigenvalue weighted by Crippen LogP contribution is -2.40. The summed E-state index contributed by atoms with van der Waals surface area (Å²) in [6.07, 6.45) is 0.841. The summed E-state index contributed by atoms with van der Waals surface area (Å²) >= 11 is 3.43. The molecule has 1 aromatic carbocycles. The zero-order chi connectivity index (χ0) is 12.3. The topological polar surface area (TPSA) is 41.6 Å². The molecule has 4 nitrogen and oxygen atoms in total. The Morgan fingerprint density at radius 1 is 1.53 bits per heavy atom. The molecule has 1 aromatic rings. The van der Waals surface area contributed by atoms with Crippen molar-refractivity contribution in [3.8, 4) is 0 Å². The van der Waals surface area contributed by atoms with Gasteiger partial charge in [0.25, 0.3) is 0 Å². The number of rotatable bonds is 4. The number of anilines is 2. The van der Waals surface area contributed by atoms with Crippen molar-refractivity contribution in [2.24, 2.45) is 0 Å². The number of hydrogen-bond acceptors (Lipinski definition) is 3. The van der Waals surface area contributed by atoms with Crippen LogP contribution in [0.2, 0.25) is 0 Å². The summed E-state index contributed by atoms with van der Waals surface area (Å²) in [4.78, 5) is 13.7. The first kappa shape index (κ1) is 12.4. The quantitative estimate of drug-likeness (QED) is 0.867. The van der Waals surface area contributed by atoms with Gasteiger partial charge in [0.15, 0.2) is 0 Å². The average Bonchev–Trinajstić information content (AvgIpc) is 2.32. The van der Waals surface area contributed by atoms with Crippen molar-refractivity contribution >= 4 is 33.2 Å². The third kappa shape index (κ3) is 2.79. The standard InChI is InChI=1S/C12H15BrN2O2/c1-17-6-2-5-15-11-7-9(13)3-4-10(11)14-8-12(15)16/h3-4,7,14H,2,5-6,8H2,1H3. The second kappa shape index (κ2) is 5.51. The van der Waals surface area contributed by atoms with Gasteiger partial charge < -0.3 is 15.0 Å². The molecule has 0 spiro atoms. The number of nitrogens with zero attached hydrogens (tertiary/aromatic N) is 1. The van der Waals surface area contributed by atoms with Crippen LogP contribution in [-0.4, -0.2) is 32.7 Å². The molecular weight excluding hydrogens is 284 g/mol. The zero-order valence-electron chi connectivity index (χ0n) is 9.70. The fraction of sp³-hybridized carbons (Fsp3) is 0.417. The van der Waals surface area contributed by atoms with Crippen molar-refractivity contribution in [3.05, 3.63) is 22.7 Å². The van der Waals surface area contributed by atoms with E-state index in [0.29, 0.717) is 19.7 Å². The average molecular weight is 299 g/mol. The molecule has 0 radical (unpaired) electrons. The van der Waals surface area contributed by atoms with Crippen LogP contribution in [0.25, 0.3) is 0 Å². The minimum atomic E-state index is 0.103. The van der Waals surface area contributed by atoms with Gasteiger partial charge in [-0.1, -0.05) is 15.9 Å². The molecule has 0 atom stereocenters. The Labute approximate surface area is 109 Å². The van der Waals surface area contributed by atoms with E-state index in [1.165, 1.54) is 0 Å². The molecule has 1 heterocycles. The maximum atomic E-state index is 11.9. The molecule has 0 unspecified atom stereocenters. The Hall–Kier alpha value is -1.07. The van der Waals surface area contributed by atoms with E-state index in [1.807, 2.05) is 23.1 Å². The van der Waals surface area contributed by atoms with Crippen molar-refractivity contribution in [3.63, 3.8) is 0 Å². The minimum absolute atomic E-state index is 0.103. The molecule has 0 aliphatic carbocycles. The van der Waals surface area contributed by atoms with Gasteiger partial charge in [-0.2, -0.15) is 0 Å². The molecule has 17 heavy (non-hydrogen) atoms. The molecular formula is C12H15BrN2O2. The van der Waals surface area contributed by atoms with Gasteiger partial charge in [-0.15, -0.1) is 0 Å². The third-order valence-electron chi connectivity index (χ3n) is 2.71. The van der Waals surface area contributed by atoms with E-state index < -0.39 is 0 Å². The van der Waals surface area contributed by atoms with Crippen LogP contribution in [0.1, 0.15) is 6.42 Å². The number of carbonyl (C=O) groups is 1. The van der Waals surface area contributed by atoms with E-state index >= 15 is 0 Å². The van der Waals surface area contributed by atoms with E-state index in [0.717, 1.165) is 22.3 Å². The van der Waals surface area contributed by atoms with Gasteiger partial charge in [0.05, 0.1) is 17.9 Å². The first-order chi connectivity index (χ1) is 8.22. The number of halogens is 1. The van der Waals surface area contributed by atoms with Crippen molar-refractivity contribution in [1.82, 2.24) is 0 Å². The Bertz CT molecular complexity index is 423. The van der Waals surface area contributed by atoms with Gasteiger partial charge in [-0.05, 0) is 24.6 Å². The summed E-state index contributed by atoms with van der Waals surface area (Å²) in [5.41, 5.74) is 1.94. The summed E-state index contributed by atoms with van der Waals surface area (Å²) in [7, 11) is 1.67. The van der Waals surface area contributed by atoms with Gasteiger partial charge in [0, 0.05) is 24.7 Å². The largest absolute Gasteiger partial charge is 0.385 e. The van der Waals surface area contributed by atoms with Crippen molar-refractivity contribution in [2.45, 2.75) is 6.42 Å². The molecule has 1 aliphatic heterocycles. The Kier molecular flexibility index (Phi) is 4.02. The molecule has 1 amide bonds. The van der Waals surface area contributed by atoms with Gasteiger partial charge in [0.2, 0.25) is 5.91 Å². The van der Waals surface area contributed by atoms with Gasteiger partial charge in [-0.25, -0.2) is 0 Å². The van der Waals surface area contributed by atoms with E-state index in [2.05, 4.69) is 21.2 Å². The second-order valence-corrected chi connectivity index (χ2v) is 4.82. The van der Waals surface area contributed by atoms with Crippen LogP contribution >= 0.6 is 15.9 Å². The van der Waals surface area contributed by atoms with Crippen molar-refractivity contribution in [1.29, 1.82) is 0 Å². The van der Waals surface area contributed by atoms with Crippen LogP contribution in [0.15, 0.2) is 22.7 Å². The lowest BCUT2D eigenvalue weighted by molar-refractivity contribution is -0.117. The Morgan fingerprint density at radius 2 is 2.35 bits per heavy atom. The molecule has 1 N–H and O–H groups in total. The number of hydrogen-bond donors (Lipinski definition) is 1.